The van der Waals surface area contributed by atoms with Gasteiger partial charge in [0.15, 0.2) is 0 Å². The van der Waals surface area contributed by atoms with Gasteiger partial charge >= 0.3 is 0 Å². The summed E-state index contributed by atoms with van der Waals surface area (Å²) in [6.45, 7) is 4.16. The standard InChI is InChI=1S/C18H23BrN2O2/c1-12(2)11-16(18(22)21-10-9-20)23-17(13-3-4-13)14-5-7-15(19)8-6-14/h5-8,12-13,16-17H,3-4,10-11H2,1-2H3,(H,21,22)/t16-,17+/m0/s1. The van der Waals surface area contributed by atoms with Gasteiger partial charge in [-0.1, -0.05) is 41.9 Å². The molecule has 0 unspecified atom stereocenters. The maximum Gasteiger partial charge on any atom is 0.249 e. The fourth-order valence-corrected chi connectivity index (χ4v) is 2.85. The first-order valence-corrected chi connectivity index (χ1v) is 8.86. The van der Waals surface area contributed by atoms with Crippen molar-refractivity contribution in [3.8, 4) is 6.07 Å². The van der Waals surface area contributed by atoms with E-state index in [1.807, 2.05) is 30.3 Å². The van der Waals surface area contributed by atoms with Crippen molar-refractivity contribution in [1.82, 2.24) is 5.32 Å². The minimum atomic E-state index is -0.516. The van der Waals surface area contributed by atoms with E-state index in [0.717, 1.165) is 22.9 Å². The zero-order chi connectivity index (χ0) is 16.8. The fraction of sp³-hybridized carbons (Fsp3) is 0.556. The third-order valence-electron chi connectivity index (χ3n) is 3.88. The maximum absolute atomic E-state index is 12.3. The van der Waals surface area contributed by atoms with Gasteiger partial charge < -0.3 is 10.1 Å². The number of amides is 1. The molecule has 1 amide bonds. The van der Waals surface area contributed by atoms with E-state index in [1.165, 1.54) is 0 Å². The molecule has 1 aliphatic rings. The molecular formula is C18H23BrN2O2. The lowest BCUT2D eigenvalue weighted by Gasteiger charge is -2.25. The Morgan fingerprint density at radius 3 is 2.57 bits per heavy atom. The molecular weight excluding hydrogens is 356 g/mol. The molecule has 1 aliphatic carbocycles. The molecule has 1 saturated carbocycles. The van der Waals surface area contributed by atoms with Crippen LogP contribution in [0.5, 0.6) is 0 Å². The molecule has 0 saturated heterocycles. The van der Waals surface area contributed by atoms with Crippen LogP contribution < -0.4 is 5.32 Å². The minimum Gasteiger partial charge on any atom is -0.360 e. The van der Waals surface area contributed by atoms with Crippen LogP contribution in [0.3, 0.4) is 0 Å². The molecule has 0 spiro atoms. The highest BCUT2D eigenvalue weighted by Crippen LogP contribution is 2.44. The number of hydrogen-bond acceptors (Lipinski definition) is 3. The minimum absolute atomic E-state index is 0.0170. The summed E-state index contributed by atoms with van der Waals surface area (Å²) in [5.41, 5.74) is 1.11. The van der Waals surface area contributed by atoms with Crippen LogP contribution in [-0.2, 0) is 9.53 Å². The summed E-state index contributed by atoms with van der Waals surface area (Å²) in [7, 11) is 0. The van der Waals surface area contributed by atoms with Gasteiger partial charge in [-0.05, 0) is 48.8 Å². The van der Waals surface area contributed by atoms with Gasteiger partial charge in [0.1, 0.15) is 12.6 Å². The summed E-state index contributed by atoms with van der Waals surface area (Å²) < 4.78 is 7.26. The second kappa shape index (κ2) is 8.47. The van der Waals surface area contributed by atoms with Crippen LogP contribution in [0.1, 0.15) is 44.8 Å². The molecule has 0 radical (unpaired) electrons. The van der Waals surface area contributed by atoms with Crippen molar-refractivity contribution < 1.29 is 9.53 Å². The monoisotopic (exact) mass is 378 g/mol. The molecule has 23 heavy (non-hydrogen) atoms. The molecule has 0 aromatic heterocycles. The van der Waals surface area contributed by atoms with Crippen molar-refractivity contribution >= 4 is 21.8 Å². The molecule has 4 nitrogen and oxygen atoms in total. The van der Waals surface area contributed by atoms with Gasteiger partial charge in [-0.25, -0.2) is 0 Å². The van der Waals surface area contributed by atoms with E-state index >= 15 is 0 Å². The highest BCUT2D eigenvalue weighted by atomic mass is 79.9. The second-order valence-electron chi connectivity index (χ2n) is 6.44. The molecule has 124 valence electrons. The number of nitrogens with one attached hydrogen (secondary N) is 1. The number of benzene rings is 1. The number of ether oxygens (including phenoxy) is 1. The highest BCUT2D eigenvalue weighted by Gasteiger charge is 2.36. The van der Waals surface area contributed by atoms with E-state index in [1.54, 1.807) is 0 Å². The van der Waals surface area contributed by atoms with Crippen LogP contribution >= 0.6 is 15.9 Å². The van der Waals surface area contributed by atoms with Gasteiger partial charge in [-0.3, -0.25) is 4.79 Å². The van der Waals surface area contributed by atoms with Crippen molar-refractivity contribution in [2.45, 2.75) is 45.3 Å². The van der Waals surface area contributed by atoms with Crippen LogP contribution in [0.4, 0.5) is 0 Å². The zero-order valence-electron chi connectivity index (χ0n) is 13.6. The van der Waals surface area contributed by atoms with Crippen LogP contribution in [-0.4, -0.2) is 18.6 Å². The number of halogens is 1. The first kappa shape index (κ1) is 18.0. The molecule has 1 fully saturated rings. The van der Waals surface area contributed by atoms with Gasteiger partial charge in [0, 0.05) is 4.47 Å². The first-order chi connectivity index (χ1) is 11.0. The third-order valence-corrected chi connectivity index (χ3v) is 4.41. The third kappa shape index (κ3) is 5.63. The number of nitriles is 1. The fourth-order valence-electron chi connectivity index (χ4n) is 2.58. The van der Waals surface area contributed by atoms with E-state index in [4.69, 9.17) is 10.00 Å². The Bertz CT molecular complexity index is 561. The first-order valence-electron chi connectivity index (χ1n) is 8.06. The van der Waals surface area contributed by atoms with E-state index in [9.17, 15) is 4.79 Å². The summed E-state index contributed by atoms with van der Waals surface area (Å²) in [6.07, 6.45) is 2.35. The lowest BCUT2D eigenvalue weighted by molar-refractivity contribution is -0.139. The molecule has 0 bridgehead atoms. The van der Waals surface area contributed by atoms with Crippen molar-refractivity contribution in [3.05, 3.63) is 34.3 Å². The van der Waals surface area contributed by atoms with E-state index in [0.29, 0.717) is 18.3 Å². The molecule has 0 aliphatic heterocycles. The van der Waals surface area contributed by atoms with E-state index in [2.05, 4.69) is 35.1 Å². The summed E-state index contributed by atoms with van der Waals surface area (Å²) >= 11 is 3.45. The Hall–Kier alpha value is -1.38. The lowest BCUT2D eigenvalue weighted by atomic mass is 10.0. The highest BCUT2D eigenvalue weighted by molar-refractivity contribution is 9.10. The van der Waals surface area contributed by atoms with Crippen molar-refractivity contribution in [3.63, 3.8) is 0 Å². The molecule has 2 rings (SSSR count). The normalized spacial score (nSPS) is 16.7. The summed E-state index contributed by atoms with van der Waals surface area (Å²) in [6, 6.07) is 10.0. The Kier molecular flexibility index (Phi) is 6.61. The Morgan fingerprint density at radius 1 is 1.39 bits per heavy atom. The van der Waals surface area contributed by atoms with E-state index in [-0.39, 0.29) is 18.6 Å². The predicted molar refractivity (Wildman–Crippen MR) is 92.6 cm³/mol. The number of rotatable bonds is 8. The second-order valence-corrected chi connectivity index (χ2v) is 7.36. The van der Waals surface area contributed by atoms with Crippen LogP contribution in [0.25, 0.3) is 0 Å². The number of nitrogens with zero attached hydrogens (tertiary/aromatic N) is 1. The molecule has 2 atom stereocenters. The summed E-state index contributed by atoms with van der Waals surface area (Å²) in [4.78, 5) is 12.3. The van der Waals surface area contributed by atoms with Gasteiger partial charge in [0.05, 0.1) is 12.2 Å². The number of carbonyl (C=O) groups is 1. The van der Waals surface area contributed by atoms with Crippen molar-refractivity contribution in [2.24, 2.45) is 11.8 Å². The zero-order valence-corrected chi connectivity index (χ0v) is 15.2. The number of carbonyl (C=O) groups excluding carboxylic acids is 1. The van der Waals surface area contributed by atoms with Gasteiger partial charge in [-0.2, -0.15) is 5.26 Å². The largest absolute Gasteiger partial charge is 0.360 e. The van der Waals surface area contributed by atoms with E-state index < -0.39 is 6.10 Å². The Morgan fingerprint density at radius 2 is 2.04 bits per heavy atom. The Balaban J connectivity index is 2.11. The molecule has 5 heteroatoms. The quantitative estimate of drug-likeness (QED) is 0.696. The van der Waals surface area contributed by atoms with Crippen LogP contribution in [0.15, 0.2) is 28.7 Å². The smallest absolute Gasteiger partial charge is 0.249 e. The van der Waals surface area contributed by atoms with Crippen molar-refractivity contribution in [1.29, 1.82) is 5.26 Å². The number of hydrogen-bond donors (Lipinski definition) is 1. The van der Waals surface area contributed by atoms with Gasteiger partial charge in [0.25, 0.3) is 0 Å². The molecule has 1 aromatic rings. The molecule has 1 N–H and O–H groups in total. The average molecular weight is 379 g/mol. The van der Waals surface area contributed by atoms with Crippen LogP contribution in [0, 0.1) is 23.2 Å². The predicted octanol–water partition coefficient (Wildman–Crippen LogP) is 3.97. The summed E-state index contributed by atoms with van der Waals surface area (Å²) in [5, 5.41) is 11.3. The molecule has 0 heterocycles. The van der Waals surface area contributed by atoms with Crippen molar-refractivity contribution in [2.75, 3.05) is 6.54 Å². The summed E-state index contributed by atoms with van der Waals surface area (Å²) in [5.74, 6) is 0.634. The van der Waals surface area contributed by atoms with Crippen LogP contribution in [0.2, 0.25) is 0 Å². The lowest BCUT2D eigenvalue weighted by Crippen LogP contribution is -2.38. The van der Waals surface area contributed by atoms with Gasteiger partial charge in [0.2, 0.25) is 5.91 Å². The SMILES string of the molecule is CC(C)C[C@H](O[C@@H](c1ccc(Br)cc1)C1CC1)C(=O)NCC#N. The molecule has 1 aromatic carbocycles. The topological polar surface area (TPSA) is 62.1 Å². The maximum atomic E-state index is 12.3. The average Bonchev–Trinajstić information content (AvgIpc) is 3.34. The Labute approximate surface area is 146 Å². The van der Waals surface area contributed by atoms with Gasteiger partial charge in [-0.15, -0.1) is 0 Å².